The van der Waals surface area contributed by atoms with Crippen molar-refractivity contribution in [2.45, 2.75) is 6.92 Å². The second-order valence-corrected chi connectivity index (χ2v) is 2.31. The second-order valence-electron chi connectivity index (χ2n) is 2.31. The Hall–Kier alpha value is -1.63. The minimum absolute atomic E-state index is 0.244. The van der Waals surface area contributed by atoms with Crippen molar-refractivity contribution in [3.8, 4) is 11.8 Å². The molecule has 0 radical (unpaired) electrons. The summed E-state index contributed by atoms with van der Waals surface area (Å²) in [6.45, 7) is 1.20. The van der Waals surface area contributed by atoms with Crippen molar-refractivity contribution < 1.29 is 13.9 Å². The largest absolute Gasteiger partial charge is 0.506 e. The third-order valence-corrected chi connectivity index (χ3v) is 1.54. The van der Waals surface area contributed by atoms with Crippen molar-refractivity contribution >= 4 is 0 Å². The summed E-state index contributed by atoms with van der Waals surface area (Å²) in [5.74, 6) is -2.75. The van der Waals surface area contributed by atoms with Gasteiger partial charge in [-0.3, -0.25) is 0 Å². The van der Waals surface area contributed by atoms with Crippen LogP contribution in [-0.4, -0.2) is 5.11 Å². The Labute approximate surface area is 67.7 Å². The summed E-state index contributed by atoms with van der Waals surface area (Å²) in [7, 11) is 0. The lowest BCUT2D eigenvalue weighted by atomic mass is 10.1. The molecule has 4 heteroatoms. The minimum Gasteiger partial charge on any atom is -0.506 e. The molecule has 0 aliphatic carbocycles. The Morgan fingerprint density at radius 2 is 2.08 bits per heavy atom. The molecule has 1 rings (SSSR count). The lowest BCUT2D eigenvalue weighted by molar-refractivity contribution is 0.445. The second kappa shape index (κ2) is 2.78. The predicted molar refractivity (Wildman–Crippen MR) is 37.5 cm³/mol. The Balaban J connectivity index is 3.52. The molecule has 0 fully saturated rings. The molecule has 0 spiro atoms. The van der Waals surface area contributed by atoms with Gasteiger partial charge in [-0.15, -0.1) is 0 Å². The van der Waals surface area contributed by atoms with Gasteiger partial charge in [-0.05, 0) is 13.0 Å². The molecule has 0 saturated carbocycles. The van der Waals surface area contributed by atoms with Crippen LogP contribution in [0, 0.1) is 29.9 Å². The summed E-state index contributed by atoms with van der Waals surface area (Å²) < 4.78 is 25.2. The Kier molecular flexibility index (Phi) is 1.96. The van der Waals surface area contributed by atoms with Crippen LogP contribution in [0.2, 0.25) is 0 Å². The molecule has 0 amide bonds. The third kappa shape index (κ3) is 1.10. The molecule has 0 bridgehead atoms. The molecule has 0 aliphatic heterocycles. The fourth-order valence-electron chi connectivity index (χ4n) is 0.829. The van der Waals surface area contributed by atoms with E-state index in [1.54, 1.807) is 6.07 Å². The normalized spacial score (nSPS) is 9.50. The van der Waals surface area contributed by atoms with E-state index in [-0.39, 0.29) is 11.1 Å². The molecule has 1 aromatic carbocycles. The highest BCUT2D eigenvalue weighted by molar-refractivity contribution is 5.47. The van der Waals surface area contributed by atoms with Gasteiger partial charge in [-0.1, -0.05) is 0 Å². The summed E-state index contributed by atoms with van der Waals surface area (Å²) in [5, 5.41) is 17.4. The number of aromatic hydroxyl groups is 1. The number of benzene rings is 1. The van der Waals surface area contributed by atoms with Gasteiger partial charge in [-0.2, -0.15) is 5.26 Å². The van der Waals surface area contributed by atoms with Crippen molar-refractivity contribution in [1.82, 2.24) is 0 Å². The van der Waals surface area contributed by atoms with Crippen molar-refractivity contribution in [2.24, 2.45) is 0 Å². The van der Waals surface area contributed by atoms with E-state index < -0.39 is 17.4 Å². The average Bonchev–Trinajstić information content (AvgIpc) is 2.08. The number of rotatable bonds is 0. The van der Waals surface area contributed by atoms with Crippen LogP contribution in [0.4, 0.5) is 8.78 Å². The van der Waals surface area contributed by atoms with E-state index in [9.17, 15) is 8.78 Å². The van der Waals surface area contributed by atoms with Gasteiger partial charge in [-0.25, -0.2) is 8.78 Å². The van der Waals surface area contributed by atoms with Gasteiger partial charge >= 0.3 is 0 Å². The van der Waals surface area contributed by atoms with Crippen molar-refractivity contribution in [1.29, 1.82) is 5.26 Å². The van der Waals surface area contributed by atoms with Crippen LogP contribution in [0.25, 0.3) is 0 Å². The van der Waals surface area contributed by atoms with Gasteiger partial charge in [0.2, 0.25) is 0 Å². The molecular weight excluding hydrogens is 164 g/mol. The number of phenolic OH excluding ortho intramolecular Hbond substituents is 1. The Bertz CT molecular complexity index is 368. The lowest BCUT2D eigenvalue weighted by Crippen LogP contribution is -1.92. The van der Waals surface area contributed by atoms with E-state index >= 15 is 0 Å². The highest BCUT2D eigenvalue weighted by Crippen LogP contribution is 2.25. The van der Waals surface area contributed by atoms with Gasteiger partial charge in [0.05, 0.1) is 5.56 Å². The first-order chi connectivity index (χ1) is 5.57. The van der Waals surface area contributed by atoms with Gasteiger partial charge in [0.15, 0.2) is 11.6 Å². The summed E-state index contributed by atoms with van der Waals surface area (Å²) in [6.07, 6.45) is 0. The number of nitriles is 1. The highest BCUT2D eigenvalue weighted by atomic mass is 19.2. The molecule has 0 aliphatic rings. The summed E-state index contributed by atoms with van der Waals surface area (Å²) in [4.78, 5) is 0. The molecule has 0 saturated heterocycles. The number of nitrogens with zero attached hydrogens (tertiary/aromatic N) is 1. The molecule has 12 heavy (non-hydrogen) atoms. The van der Waals surface area contributed by atoms with Crippen LogP contribution in [-0.2, 0) is 0 Å². The summed E-state index contributed by atoms with van der Waals surface area (Å²) in [6, 6.07) is 2.21. The Morgan fingerprint density at radius 3 is 2.58 bits per heavy atom. The van der Waals surface area contributed by atoms with Gasteiger partial charge in [0.25, 0.3) is 0 Å². The SMILES string of the molecule is Cc1c(O)c(C#N)cc(F)c1F. The molecule has 1 aromatic rings. The quantitative estimate of drug-likeness (QED) is 0.644. The fourth-order valence-corrected chi connectivity index (χ4v) is 0.829. The van der Waals surface area contributed by atoms with Gasteiger partial charge in [0, 0.05) is 5.56 Å². The van der Waals surface area contributed by atoms with E-state index in [4.69, 9.17) is 10.4 Å². The van der Waals surface area contributed by atoms with Crippen LogP contribution in [0.1, 0.15) is 11.1 Å². The Morgan fingerprint density at radius 1 is 1.50 bits per heavy atom. The summed E-state index contributed by atoms with van der Waals surface area (Å²) in [5.41, 5.74) is -0.502. The van der Waals surface area contributed by atoms with E-state index in [0.717, 1.165) is 0 Å². The highest BCUT2D eigenvalue weighted by Gasteiger charge is 2.13. The standard InChI is InChI=1S/C8H5F2NO/c1-4-7(10)6(9)2-5(3-11)8(4)12/h2,12H,1H3. The van der Waals surface area contributed by atoms with Crippen LogP contribution in [0.3, 0.4) is 0 Å². The first kappa shape index (κ1) is 8.47. The zero-order chi connectivity index (χ0) is 9.30. The van der Waals surface area contributed by atoms with E-state index in [1.165, 1.54) is 6.92 Å². The maximum absolute atomic E-state index is 12.7. The molecule has 2 nitrogen and oxygen atoms in total. The molecular formula is C8H5F2NO. The first-order valence-electron chi connectivity index (χ1n) is 3.15. The minimum atomic E-state index is -1.12. The maximum Gasteiger partial charge on any atom is 0.165 e. The first-order valence-corrected chi connectivity index (χ1v) is 3.15. The molecule has 0 unspecified atom stereocenters. The van der Waals surface area contributed by atoms with Gasteiger partial charge < -0.3 is 5.11 Å². The molecule has 0 atom stereocenters. The number of hydrogen-bond acceptors (Lipinski definition) is 2. The van der Waals surface area contributed by atoms with Crippen LogP contribution in [0.5, 0.6) is 5.75 Å². The van der Waals surface area contributed by atoms with E-state index in [0.29, 0.717) is 6.07 Å². The third-order valence-electron chi connectivity index (χ3n) is 1.54. The zero-order valence-corrected chi connectivity index (χ0v) is 6.23. The lowest BCUT2D eigenvalue weighted by Gasteiger charge is -2.02. The molecule has 0 aromatic heterocycles. The van der Waals surface area contributed by atoms with Crippen LogP contribution < -0.4 is 0 Å². The number of phenols is 1. The summed E-state index contributed by atoms with van der Waals surface area (Å²) >= 11 is 0. The molecule has 1 N–H and O–H groups in total. The monoisotopic (exact) mass is 169 g/mol. The number of hydrogen-bond donors (Lipinski definition) is 1. The number of halogens is 2. The van der Waals surface area contributed by atoms with E-state index in [2.05, 4.69) is 0 Å². The smallest absolute Gasteiger partial charge is 0.165 e. The van der Waals surface area contributed by atoms with Crippen LogP contribution >= 0.6 is 0 Å². The van der Waals surface area contributed by atoms with Crippen molar-refractivity contribution in [2.75, 3.05) is 0 Å². The van der Waals surface area contributed by atoms with Gasteiger partial charge in [0.1, 0.15) is 11.8 Å². The topological polar surface area (TPSA) is 44.0 Å². The molecule has 0 heterocycles. The maximum atomic E-state index is 12.7. The van der Waals surface area contributed by atoms with Crippen LogP contribution in [0.15, 0.2) is 6.07 Å². The predicted octanol–water partition coefficient (Wildman–Crippen LogP) is 1.85. The van der Waals surface area contributed by atoms with Crippen molar-refractivity contribution in [3.05, 3.63) is 28.8 Å². The fraction of sp³-hybridized carbons (Fsp3) is 0.125. The van der Waals surface area contributed by atoms with E-state index in [1.807, 2.05) is 0 Å². The molecule has 62 valence electrons. The zero-order valence-electron chi connectivity index (χ0n) is 6.23. The average molecular weight is 169 g/mol. The van der Waals surface area contributed by atoms with Crippen molar-refractivity contribution in [3.63, 3.8) is 0 Å².